The van der Waals surface area contributed by atoms with Crippen molar-refractivity contribution in [2.75, 3.05) is 6.26 Å². The number of rotatable bonds is 4. The minimum Gasteiger partial charge on any atom is -0.334 e. The molecule has 0 spiro atoms. The van der Waals surface area contributed by atoms with E-state index in [4.69, 9.17) is 4.52 Å². The van der Waals surface area contributed by atoms with Crippen LogP contribution in [0.4, 0.5) is 0 Å². The first-order chi connectivity index (χ1) is 9.36. The number of thioether (sulfide) groups is 1. The lowest BCUT2D eigenvalue weighted by Gasteiger charge is -1.98. The lowest BCUT2D eigenvalue weighted by Crippen LogP contribution is -1.83. The summed E-state index contributed by atoms with van der Waals surface area (Å²) in [6.07, 6.45) is 3.74. The molecule has 0 saturated carbocycles. The first kappa shape index (κ1) is 12.0. The van der Waals surface area contributed by atoms with Crippen LogP contribution in [0.2, 0.25) is 0 Å². The average Bonchev–Trinajstić information content (AvgIpc) is 3.10. The van der Waals surface area contributed by atoms with E-state index >= 15 is 0 Å². The van der Waals surface area contributed by atoms with Crippen molar-refractivity contribution in [1.82, 2.24) is 20.3 Å². The quantitative estimate of drug-likeness (QED) is 0.790. The fraction of sp³-hybridized carbons (Fsp3) is 0.154. The van der Waals surface area contributed by atoms with E-state index in [-0.39, 0.29) is 0 Å². The van der Waals surface area contributed by atoms with Gasteiger partial charge >= 0.3 is 0 Å². The van der Waals surface area contributed by atoms with E-state index < -0.39 is 0 Å². The number of aromatic nitrogens is 4. The molecule has 0 fully saturated rings. The van der Waals surface area contributed by atoms with Gasteiger partial charge in [-0.3, -0.25) is 5.10 Å². The highest BCUT2D eigenvalue weighted by Gasteiger charge is 2.08. The largest absolute Gasteiger partial charge is 0.334 e. The molecule has 0 bridgehead atoms. The first-order valence-corrected chi connectivity index (χ1v) is 7.18. The van der Waals surface area contributed by atoms with Crippen LogP contribution in [0.3, 0.4) is 0 Å². The number of hydrogen-bond donors (Lipinski definition) is 1. The highest BCUT2D eigenvalue weighted by atomic mass is 32.2. The van der Waals surface area contributed by atoms with Crippen LogP contribution in [0.25, 0.3) is 22.7 Å². The van der Waals surface area contributed by atoms with Crippen molar-refractivity contribution in [2.45, 2.75) is 5.75 Å². The second-order valence-electron chi connectivity index (χ2n) is 4.00. The molecule has 0 aliphatic heterocycles. The molecule has 2 heterocycles. The van der Waals surface area contributed by atoms with Gasteiger partial charge in [0.1, 0.15) is 0 Å². The molecule has 0 atom stereocenters. The summed E-state index contributed by atoms with van der Waals surface area (Å²) in [5, 5.41) is 10.8. The topological polar surface area (TPSA) is 67.6 Å². The van der Waals surface area contributed by atoms with Crippen LogP contribution in [0.5, 0.6) is 0 Å². The van der Waals surface area contributed by atoms with Crippen molar-refractivity contribution in [3.63, 3.8) is 0 Å². The third-order valence-corrected chi connectivity index (χ3v) is 3.23. The lowest BCUT2D eigenvalue weighted by molar-refractivity contribution is 0.425. The molecular weight excluding hydrogens is 260 g/mol. The van der Waals surface area contributed by atoms with Gasteiger partial charge in [-0.15, -0.1) is 0 Å². The first-order valence-electron chi connectivity index (χ1n) is 5.78. The van der Waals surface area contributed by atoms with Crippen LogP contribution in [0, 0.1) is 0 Å². The molecule has 3 aromatic rings. The Bertz CT molecular complexity index is 646. The second-order valence-corrected chi connectivity index (χ2v) is 4.86. The van der Waals surface area contributed by atoms with Gasteiger partial charge in [0.25, 0.3) is 5.89 Å². The molecule has 0 amide bonds. The van der Waals surface area contributed by atoms with E-state index in [2.05, 4.69) is 20.3 Å². The van der Waals surface area contributed by atoms with E-state index in [0.717, 1.165) is 28.4 Å². The number of H-pyrrole nitrogens is 1. The zero-order valence-corrected chi connectivity index (χ0v) is 11.1. The highest BCUT2D eigenvalue weighted by molar-refractivity contribution is 7.97. The van der Waals surface area contributed by atoms with Crippen LogP contribution in [-0.4, -0.2) is 26.6 Å². The van der Waals surface area contributed by atoms with Crippen LogP contribution >= 0.6 is 11.8 Å². The van der Waals surface area contributed by atoms with Gasteiger partial charge in [0, 0.05) is 11.8 Å². The summed E-state index contributed by atoms with van der Waals surface area (Å²) in [6, 6.07) is 9.86. The number of nitrogens with one attached hydrogen (secondary N) is 1. The summed E-state index contributed by atoms with van der Waals surface area (Å²) in [4.78, 5) is 4.34. The molecule has 96 valence electrons. The summed E-state index contributed by atoms with van der Waals surface area (Å²) < 4.78 is 5.24. The summed E-state index contributed by atoms with van der Waals surface area (Å²) in [6.45, 7) is 0. The molecular formula is C13H12N4OS. The maximum absolute atomic E-state index is 5.24. The molecule has 19 heavy (non-hydrogen) atoms. The minimum absolute atomic E-state index is 0.556. The van der Waals surface area contributed by atoms with Gasteiger partial charge in [-0.1, -0.05) is 17.3 Å². The number of hydrogen-bond acceptors (Lipinski definition) is 5. The molecule has 0 aliphatic carbocycles. The molecule has 0 saturated heterocycles. The van der Waals surface area contributed by atoms with Crippen molar-refractivity contribution in [1.29, 1.82) is 0 Å². The lowest BCUT2D eigenvalue weighted by atomic mass is 10.1. The fourth-order valence-electron chi connectivity index (χ4n) is 1.77. The van der Waals surface area contributed by atoms with Crippen LogP contribution in [0.15, 0.2) is 41.1 Å². The van der Waals surface area contributed by atoms with Crippen LogP contribution in [-0.2, 0) is 5.75 Å². The molecule has 1 N–H and O–H groups in total. The van der Waals surface area contributed by atoms with Gasteiger partial charge in [0.2, 0.25) is 0 Å². The van der Waals surface area contributed by atoms with E-state index in [1.54, 1.807) is 18.0 Å². The molecule has 1 aromatic carbocycles. The predicted molar refractivity (Wildman–Crippen MR) is 74.5 cm³/mol. The Hall–Kier alpha value is -2.08. The molecule has 0 aliphatic rings. The van der Waals surface area contributed by atoms with E-state index in [1.165, 1.54) is 0 Å². The van der Waals surface area contributed by atoms with Crippen molar-refractivity contribution in [3.05, 3.63) is 42.4 Å². The Balaban J connectivity index is 1.85. The molecule has 6 heteroatoms. The fourth-order valence-corrected chi connectivity index (χ4v) is 2.14. The third-order valence-electron chi connectivity index (χ3n) is 2.69. The van der Waals surface area contributed by atoms with Crippen molar-refractivity contribution in [2.24, 2.45) is 0 Å². The number of nitrogens with zero attached hydrogens (tertiary/aromatic N) is 3. The second kappa shape index (κ2) is 5.27. The van der Waals surface area contributed by atoms with Gasteiger partial charge in [-0.2, -0.15) is 21.8 Å². The molecule has 5 nitrogen and oxygen atoms in total. The SMILES string of the molecule is CSCc1noc(-c2ccc(-c3ccn[nH]3)cc2)n1. The molecule has 0 unspecified atom stereocenters. The highest BCUT2D eigenvalue weighted by Crippen LogP contribution is 2.22. The standard InChI is InChI=1S/C13H12N4OS/c1-19-8-12-15-13(18-17-12)10-4-2-9(3-5-10)11-6-7-14-16-11/h2-7H,8H2,1H3,(H,14,16). The zero-order valence-electron chi connectivity index (χ0n) is 10.3. The van der Waals surface area contributed by atoms with Crippen molar-refractivity contribution >= 4 is 11.8 Å². The van der Waals surface area contributed by atoms with Crippen LogP contribution in [0.1, 0.15) is 5.82 Å². The van der Waals surface area contributed by atoms with Crippen molar-refractivity contribution in [3.8, 4) is 22.7 Å². The van der Waals surface area contributed by atoms with Gasteiger partial charge in [0.05, 0.1) is 11.4 Å². The maximum Gasteiger partial charge on any atom is 0.257 e. The van der Waals surface area contributed by atoms with Gasteiger partial charge in [-0.25, -0.2) is 0 Å². The molecule has 0 radical (unpaired) electrons. The Labute approximate surface area is 114 Å². The number of aromatic amines is 1. The Morgan fingerprint density at radius 2 is 1.95 bits per heavy atom. The minimum atomic E-state index is 0.556. The van der Waals surface area contributed by atoms with Gasteiger partial charge < -0.3 is 4.52 Å². The van der Waals surface area contributed by atoms with Crippen molar-refractivity contribution < 1.29 is 4.52 Å². The molecule has 3 rings (SSSR count). The van der Waals surface area contributed by atoms with E-state index in [1.807, 2.05) is 36.6 Å². The zero-order chi connectivity index (χ0) is 13.1. The monoisotopic (exact) mass is 272 g/mol. The number of benzene rings is 1. The van der Waals surface area contributed by atoms with Gasteiger partial charge in [0.15, 0.2) is 5.82 Å². The Morgan fingerprint density at radius 3 is 2.63 bits per heavy atom. The third kappa shape index (κ3) is 2.53. The van der Waals surface area contributed by atoms with Gasteiger partial charge in [-0.05, 0) is 30.0 Å². The maximum atomic E-state index is 5.24. The van der Waals surface area contributed by atoms with E-state index in [0.29, 0.717) is 5.89 Å². The molecule has 2 aromatic heterocycles. The average molecular weight is 272 g/mol. The summed E-state index contributed by atoms with van der Waals surface area (Å²) in [5.74, 6) is 2.04. The summed E-state index contributed by atoms with van der Waals surface area (Å²) in [7, 11) is 0. The Morgan fingerprint density at radius 1 is 1.16 bits per heavy atom. The summed E-state index contributed by atoms with van der Waals surface area (Å²) >= 11 is 1.67. The van der Waals surface area contributed by atoms with E-state index in [9.17, 15) is 0 Å². The predicted octanol–water partition coefficient (Wildman–Crippen LogP) is 2.99. The summed E-state index contributed by atoms with van der Waals surface area (Å²) in [5.41, 5.74) is 2.98. The smallest absolute Gasteiger partial charge is 0.257 e. The normalized spacial score (nSPS) is 10.8. The Kier molecular flexibility index (Phi) is 3.33. The van der Waals surface area contributed by atoms with Crippen LogP contribution < -0.4 is 0 Å².